The molecule has 1 unspecified atom stereocenters. The molecule has 1 aromatic rings. The van der Waals surface area contributed by atoms with Gasteiger partial charge in [0.15, 0.2) is 0 Å². The first-order valence-corrected chi connectivity index (χ1v) is 8.55. The summed E-state index contributed by atoms with van der Waals surface area (Å²) < 4.78 is 10.5. The highest BCUT2D eigenvalue weighted by Gasteiger charge is 2.40. The maximum atomic E-state index is 12.1. The summed E-state index contributed by atoms with van der Waals surface area (Å²) in [6.07, 6.45) is -1.29. The molecule has 0 spiro atoms. The van der Waals surface area contributed by atoms with Gasteiger partial charge in [-0.3, -0.25) is 29.8 Å². The molecule has 1 aliphatic rings. The Morgan fingerprint density at radius 2 is 1.64 bits per heavy atom. The fraction of sp³-hybridized carbons (Fsp3) is 0.389. The second kappa shape index (κ2) is 10.2. The standard InChI is InChI=1S/C18H20N2O8/c21-13(22)6-7-14(23)28-9-8-27-12(10-11-4-2-1-3-5-11)15-16(24)19-18(26)20-17(15)25/h1-5,12,15H,6-10H2,(H,21,22)(H2,19,20,24,25,26). The predicted molar refractivity (Wildman–Crippen MR) is 92.9 cm³/mol. The van der Waals surface area contributed by atoms with Gasteiger partial charge < -0.3 is 14.6 Å². The summed E-state index contributed by atoms with van der Waals surface area (Å²) in [5.74, 6) is -4.59. The Kier molecular flexibility index (Phi) is 7.64. The number of amides is 4. The summed E-state index contributed by atoms with van der Waals surface area (Å²) in [4.78, 5) is 57.3. The molecule has 1 aromatic carbocycles. The minimum atomic E-state index is -1.25. The van der Waals surface area contributed by atoms with Gasteiger partial charge >= 0.3 is 18.0 Å². The molecule has 0 saturated carbocycles. The van der Waals surface area contributed by atoms with Crippen LogP contribution in [-0.2, 0) is 35.1 Å². The Morgan fingerprint density at radius 3 is 2.25 bits per heavy atom. The Hall–Kier alpha value is -3.27. The average molecular weight is 392 g/mol. The number of carboxylic acid groups (broad SMARTS) is 1. The molecule has 2 rings (SSSR count). The number of hydrogen-bond donors (Lipinski definition) is 3. The van der Waals surface area contributed by atoms with Gasteiger partial charge in [0.1, 0.15) is 12.5 Å². The van der Waals surface area contributed by atoms with Crippen molar-refractivity contribution in [2.45, 2.75) is 25.4 Å². The smallest absolute Gasteiger partial charge is 0.328 e. The molecule has 0 aliphatic carbocycles. The third-order valence-electron chi connectivity index (χ3n) is 3.91. The van der Waals surface area contributed by atoms with E-state index in [1.807, 2.05) is 16.7 Å². The van der Waals surface area contributed by atoms with Gasteiger partial charge in [-0.15, -0.1) is 0 Å². The number of carbonyl (C=O) groups is 5. The van der Waals surface area contributed by atoms with E-state index in [0.29, 0.717) is 0 Å². The van der Waals surface area contributed by atoms with E-state index in [-0.39, 0.29) is 32.5 Å². The van der Waals surface area contributed by atoms with Crippen LogP contribution < -0.4 is 10.6 Å². The van der Waals surface area contributed by atoms with Gasteiger partial charge in [-0.25, -0.2) is 4.79 Å². The zero-order chi connectivity index (χ0) is 20.5. The monoisotopic (exact) mass is 392 g/mol. The first-order chi connectivity index (χ1) is 13.4. The maximum Gasteiger partial charge on any atom is 0.328 e. The van der Waals surface area contributed by atoms with E-state index in [1.165, 1.54) is 0 Å². The van der Waals surface area contributed by atoms with Gasteiger partial charge in [0.25, 0.3) is 0 Å². The van der Waals surface area contributed by atoms with Crippen molar-refractivity contribution in [1.29, 1.82) is 0 Å². The number of ether oxygens (including phenoxy) is 2. The van der Waals surface area contributed by atoms with E-state index < -0.39 is 41.8 Å². The fourth-order valence-corrected chi connectivity index (χ4v) is 2.62. The van der Waals surface area contributed by atoms with E-state index in [2.05, 4.69) is 0 Å². The van der Waals surface area contributed by atoms with Crippen molar-refractivity contribution in [2.24, 2.45) is 5.92 Å². The molecule has 3 N–H and O–H groups in total. The quantitative estimate of drug-likeness (QED) is 0.286. The number of esters is 1. The SMILES string of the molecule is O=C(O)CCC(=O)OCCOC(Cc1ccccc1)C1C(=O)NC(=O)NC1=O. The van der Waals surface area contributed by atoms with Crippen LogP contribution in [0.5, 0.6) is 0 Å². The molecule has 4 amide bonds. The third kappa shape index (κ3) is 6.47. The molecular formula is C18H20N2O8. The van der Waals surface area contributed by atoms with Crippen molar-refractivity contribution in [2.75, 3.05) is 13.2 Å². The van der Waals surface area contributed by atoms with E-state index in [9.17, 15) is 24.0 Å². The zero-order valence-electron chi connectivity index (χ0n) is 14.9. The maximum absolute atomic E-state index is 12.1. The molecule has 10 nitrogen and oxygen atoms in total. The molecule has 1 atom stereocenters. The lowest BCUT2D eigenvalue weighted by Crippen LogP contribution is -2.59. The number of carboxylic acids is 1. The van der Waals surface area contributed by atoms with Gasteiger partial charge in [-0.05, 0) is 12.0 Å². The molecule has 0 aromatic heterocycles. The predicted octanol–water partition coefficient (Wildman–Crippen LogP) is 0.00450. The summed E-state index contributed by atoms with van der Waals surface area (Å²) >= 11 is 0. The molecule has 1 aliphatic heterocycles. The zero-order valence-corrected chi connectivity index (χ0v) is 14.9. The molecule has 1 saturated heterocycles. The Labute approximate surface area is 160 Å². The minimum absolute atomic E-state index is 0.110. The largest absolute Gasteiger partial charge is 0.481 e. The number of nitrogens with one attached hydrogen (secondary N) is 2. The number of aliphatic carboxylic acids is 1. The van der Waals surface area contributed by atoms with Gasteiger partial charge in [-0.1, -0.05) is 30.3 Å². The highest BCUT2D eigenvalue weighted by molar-refractivity contribution is 6.16. The molecule has 150 valence electrons. The van der Waals surface area contributed by atoms with Crippen molar-refractivity contribution >= 4 is 29.8 Å². The molecule has 10 heteroatoms. The van der Waals surface area contributed by atoms with Crippen LogP contribution in [0.15, 0.2) is 30.3 Å². The Bertz CT molecular complexity index is 729. The van der Waals surface area contributed by atoms with Crippen LogP contribution in [0.1, 0.15) is 18.4 Å². The average Bonchev–Trinajstić information content (AvgIpc) is 2.63. The second-order valence-electron chi connectivity index (χ2n) is 6.00. The van der Waals surface area contributed by atoms with Crippen LogP contribution in [0.2, 0.25) is 0 Å². The Balaban J connectivity index is 1.96. The van der Waals surface area contributed by atoms with E-state index >= 15 is 0 Å². The van der Waals surface area contributed by atoms with E-state index in [0.717, 1.165) is 5.56 Å². The first kappa shape index (κ1) is 21.0. The fourth-order valence-electron chi connectivity index (χ4n) is 2.62. The minimum Gasteiger partial charge on any atom is -0.481 e. The molecule has 0 radical (unpaired) electrons. The summed E-state index contributed by atoms with van der Waals surface area (Å²) in [6, 6.07) is 8.10. The van der Waals surface area contributed by atoms with Crippen molar-refractivity contribution < 1.29 is 38.6 Å². The summed E-state index contributed by atoms with van der Waals surface area (Å²) in [5.41, 5.74) is 0.809. The molecule has 1 fully saturated rings. The number of rotatable bonds is 10. The van der Waals surface area contributed by atoms with Crippen molar-refractivity contribution in [3.05, 3.63) is 35.9 Å². The van der Waals surface area contributed by atoms with Gasteiger partial charge in [0, 0.05) is 0 Å². The van der Waals surface area contributed by atoms with Gasteiger partial charge in [0.05, 0.1) is 25.6 Å². The van der Waals surface area contributed by atoms with Gasteiger partial charge in [-0.2, -0.15) is 0 Å². The number of barbiturate groups is 1. The van der Waals surface area contributed by atoms with E-state index in [1.54, 1.807) is 24.3 Å². The van der Waals surface area contributed by atoms with Crippen LogP contribution in [0.25, 0.3) is 0 Å². The highest BCUT2D eigenvalue weighted by Crippen LogP contribution is 2.17. The number of hydrogen-bond acceptors (Lipinski definition) is 7. The van der Waals surface area contributed by atoms with Gasteiger partial charge in [0.2, 0.25) is 11.8 Å². The molecular weight excluding hydrogens is 372 g/mol. The van der Waals surface area contributed by atoms with Crippen molar-refractivity contribution in [3.63, 3.8) is 0 Å². The summed E-state index contributed by atoms with van der Waals surface area (Å²) in [6.45, 7) is -0.278. The van der Waals surface area contributed by atoms with Crippen molar-refractivity contribution in [3.8, 4) is 0 Å². The topological polar surface area (TPSA) is 148 Å². The number of imide groups is 2. The number of urea groups is 1. The lowest BCUT2D eigenvalue weighted by molar-refractivity contribution is -0.151. The lowest BCUT2D eigenvalue weighted by Gasteiger charge is -2.28. The molecule has 28 heavy (non-hydrogen) atoms. The third-order valence-corrected chi connectivity index (χ3v) is 3.91. The van der Waals surface area contributed by atoms with Crippen LogP contribution in [0, 0.1) is 5.92 Å². The highest BCUT2D eigenvalue weighted by atomic mass is 16.6. The van der Waals surface area contributed by atoms with Crippen LogP contribution in [0.4, 0.5) is 4.79 Å². The normalized spacial score (nSPS) is 15.5. The van der Waals surface area contributed by atoms with Crippen LogP contribution >= 0.6 is 0 Å². The molecule has 0 bridgehead atoms. The van der Waals surface area contributed by atoms with E-state index in [4.69, 9.17) is 14.6 Å². The van der Waals surface area contributed by atoms with Crippen LogP contribution in [0.3, 0.4) is 0 Å². The Morgan fingerprint density at radius 1 is 1.00 bits per heavy atom. The van der Waals surface area contributed by atoms with Crippen LogP contribution in [-0.4, -0.2) is 54.2 Å². The summed E-state index contributed by atoms with van der Waals surface area (Å²) in [7, 11) is 0. The molecule has 1 heterocycles. The summed E-state index contributed by atoms with van der Waals surface area (Å²) in [5, 5.41) is 12.6. The van der Waals surface area contributed by atoms with Crippen molar-refractivity contribution in [1.82, 2.24) is 10.6 Å². The second-order valence-corrected chi connectivity index (χ2v) is 6.00. The lowest BCUT2D eigenvalue weighted by atomic mass is 9.93. The first-order valence-electron chi connectivity index (χ1n) is 8.55. The number of carbonyl (C=O) groups excluding carboxylic acids is 4. The number of benzene rings is 1.